The summed E-state index contributed by atoms with van der Waals surface area (Å²) in [7, 11) is 0. The highest BCUT2D eigenvalue weighted by Gasteiger charge is 2.49. The number of hydrogen-bond donors (Lipinski definition) is 1. The van der Waals surface area contributed by atoms with Gasteiger partial charge in [-0.2, -0.15) is 0 Å². The Morgan fingerprint density at radius 3 is 2.50 bits per heavy atom. The van der Waals surface area contributed by atoms with Gasteiger partial charge in [0.1, 0.15) is 23.7 Å². The SMILES string of the molecule is CC1(c2ccc(F)cc2)NC(=O)N(CC(=O)Oc2ccccc2Cl)C1=O. The highest BCUT2D eigenvalue weighted by Crippen LogP contribution is 2.29. The average Bonchev–Trinajstić information content (AvgIpc) is 2.82. The lowest BCUT2D eigenvalue weighted by Crippen LogP contribution is -2.42. The number of rotatable bonds is 4. The van der Waals surface area contributed by atoms with Crippen LogP contribution in [0.2, 0.25) is 5.02 Å². The second-order valence-electron chi connectivity index (χ2n) is 5.86. The molecule has 26 heavy (non-hydrogen) atoms. The van der Waals surface area contributed by atoms with Gasteiger partial charge in [-0.05, 0) is 36.8 Å². The minimum absolute atomic E-state index is 0.132. The van der Waals surface area contributed by atoms with Gasteiger partial charge in [0.25, 0.3) is 5.91 Å². The van der Waals surface area contributed by atoms with E-state index in [2.05, 4.69) is 5.32 Å². The summed E-state index contributed by atoms with van der Waals surface area (Å²) >= 11 is 5.91. The van der Waals surface area contributed by atoms with Crippen LogP contribution >= 0.6 is 11.6 Å². The van der Waals surface area contributed by atoms with Crippen molar-refractivity contribution in [2.75, 3.05) is 6.54 Å². The quantitative estimate of drug-likeness (QED) is 0.506. The van der Waals surface area contributed by atoms with E-state index in [4.69, 9.17) is 16.3 Å². The second-order valence-corrected chi connectivity index (χ2v) is 6.27. The van der Waals surface area contributed by atoms with Crippen molar-refractivity contribution >= 4 is 29.5 Å². The predicted octanol–water partition coefficient (Wildman–Crippen LogP) is 2.85. The third kappa shape index (κ3) is 3.25. The van der Waals surface area contributed by atoms with Crippen LogP contribution in [0.4, 0.5) is 9.18 Å². The molecular formula is C18H14ClFN2O4. The normalized spacial score (nSPS) is 19.4. The number of para-hydroxylation sites is 1. The van der Waals surface area contributed by atoms with Crippen molar-refractivity contribution in [1.29, 1.82) is 0 Å². The number of carbonyl (C=O) groups is 3. The monoisotopic (exact) mass is 376 g/mol. The zero-order valence-corrected chi connectivity index (χ0v) is 14.4. The molecule has 0 radical (unpaired) electrons. The fourth-order valence-corrected chi connectivity index (χ4v) is 2.81. The summed E-state index contributed by atoms with van der Waals surface area (Å²) in [5.41, 5.74) is -0.991. The Kier molecular flexibility index (Phi) is 4.65. The fraction of sp³-hybridized carbons (Fsp3) is 0.167. The van der Waals surface area contributed by atoms with Gasteiger partial charge in [-0.25, -0.2) is 14.0 Å². The first-order chi connectivity index (χ1) is 12.3. The fourth-order valence-electron chi connectivity index (χ4n) is 2.63. The number of halogens is 2. The van der Waals surface area contributed by atoms with Gasteiger partial charge in [0.15, 0.2) is 0 Å². The number of urea groups is 1. The van der Waals surface area contributed by atoms with Crippen molar-refractivity contribution in [2.45, 2.75) is 12.5 Å². The van der Waals surface area contributed by atoms with Crippen LogP contribution < -0.4 is 10.1 Å². The summed E-state index contributed by atoms with van der Waals surface area (Å²) in [6.45, 7) is 0.909. The molecule has 1 aliphatic rings. The van der Waals surface area contributed by atoms with Crippen molar-refractivity contribution in [2.24, 2.45) is 0 Å². The third-order valence-corrected chi connectivity index (χ3v) is 4.36. The standard InChI is InChI=1S/C18H14ClFN2O4/c1-18(11-6-8-12(20)9-7-11)16(24)22(17(25)21-18)10-15(23)26-14-5-3-2-4-13(14)19/h2-9H,10H2,1H3,(H,21,25). The molecule has 0 aromatic heterocycles. The lowest BCUT2D eigenvalue weighted by Gasteiger charge is -2.22. The lowest BCUT2D eigenvalue weighted by atomic mass is 9.92. The Hall–Kier alpha value is -2.93. The molecule has 0 saturated carbocycles. The molecule has 0 spiro atoms. The Balaban J connectivity index is 1.76. The maximum atomic E-state index is 13.1. The summed E-state index contributed by atoms with van der Waals surface area (Å²) < 4.78 is 18.2. The van der Waals surface area contributed by atoms with E-state index < -0.39 is 35.8 Å². The van der Waals surface area contributed by atoms with Gasteiger partial charge < -0.3 is 10.1 Å². The molecule has 134 valence electrons. The first kappa shape index (κ1) is 17.9. The van der Waals surface area contributed by atoms with E-state index in [0.717, 1.165) is 4.90 Å². The van der Waals surface area contributed by atoms with Crippen molar-refractivity contribution in [3.8, 4) is 5.75 Å². The van der Waals surface area contributed by atoms with Crippen LogP contribution in [0.1, 0.15) is 12.5 Å². The van der Waals surface area contributed by atoms with Crippen LogP contribution in [0.15, 0.2) is 48.5 Å². The van der Waals surface area contributed by atoms with Gasteiger partial charge in [-0.1, -0.05) is 35.9 Å². The van der Waals surface area contributed by atoms with Crippen molar-refractivity contribution in [3.05, 3.63) is 64.9 Å². The van der Waals surface area contributed by atoms with E-state index in [1.165, 1.54) is 37.3 Å². The zero-order valence-electron chi connectivity index (χ0n) is 13.7. The zero-order chi connectivity index (χ0) is 18.9. The maximum Gasteiger partial charge on any atom is 0.331 e. The number of amides is 3. The van der Waals surface area contributed by atoms with E-state index in [1.807, 2.05) is 0 Å². The van der Waals surface area contributed by atoms with Gasteiger partial charge in [0.2, 0.25) is 0 Å². The molecular weight excluding hydrogens is 363 g/mol. The van der Waals surface area contributed by atoms with Crippen molar-refractivity contribution < 1.29 is 23.5 Å². The number of hydrogen-bond acceptors (Lipinski definition) is 4. The molecule has 1 atom stereocenters. The molecule has 1 fully saturated rings. The van der Waals surface area contributed by atoms with Crippen molar-refractivity contribution in [3.63, 3.8) is 0 Å². The largest absolute Gasteiger partial charge is 0.424 e. The molecule has 1 saturated heterocycles. The average molecular weight is 377 g/mol. The highest BCUT2D eigenvalue weighted by molar-refractivity contribution is 6.32. The van der Waals surface area contributed by atoms with Crippen molar-refractivity contribution in [1.82, 2.24) is 10.2 Å². The molecule has 3 amide bonds. The molecule has 2 aromatic carbocycles. The van der Waals surface area contributed by atoms with Gasteiger partial charge in [-0.3, -0.25) is 9.69 Å². The molecule has 1 unspecified atom stereocenters. The van der Waals surface area contributed by atoms with Crippen LogP contribution in [0.5, 0.6) is 5.75 Å². The molecule has 6 nitrogen and oxygen atoms in total. The van der Waals surface area contributed by atoms with Crippen LogP contribution in [0.3, 0.4) is 0 Å². The molecule has 2 aromatic rings. The molecule has 1 aliphatic heterocycles. The first-order valence-corrected chi connectivity index (χ1v) is 8.04. The van der Waals surface area contributed by atoms with E-state index in [-0.39, 0.29) is 10.8 Å². The minimum Gasteiger partial charge on any atom is -0.424 e. The first-order valence-electron chi connectivity index (χ1n) is 7.66. The van der Waals surface area contributed by atoms with Crippen LogP contribution in [0.25, 0.3) is 0 Å². The van der Waals surface area contributed by atoms with E-state index in [0.29, 0.717) is 5.56 Å². The summed E-state index contributed by atoms with van der Waals surface area (Å²) in [5, 5.41) is 2.76. The number of carbonyl (C=O) groups excluding carboxylic acids is 3. The topological polar surface area (TPSA) is 75.7 Å². The number of benzene rings is 2. The molecule has 1 N–H and O–H groups in total. The Morgan fingerprint density at radius 2 is 1.85 bits per heavy atom. The van der Waals surface area contributed by atoms with E-state index in [1.54, 1.807) is 18.2 Å². The van der Waals surface area contributed by atoms with E-state index in [9.17, 15) is 18.8 Å². The molecule has 8 heteroatoms. The van der Waals surface area contributed by atoms with Gasteiger partial charge in [-0.15, -0.1) is 0 Å². The second kappa shape index (κ2) is 6.76. The Labute approximate surface area is 153 Å². The summed E-state index contributed by atoms with van der Waals surface area (Å²) in [4.78, 5) is 37.7. The minimum atomic E-state index is -1.39. The maximum absolute atomic E-state index is 13.1. The Bertz CT molecular complexity index is 887. The molecule has 1 heterocycles. The number of ether oxygens (including phenoxy) is 1. The van der Waals surface area contributed by atoms with Crippen LogP contribution in [-0.2, 0) is 15.1 Å². The number of nitrogens with zero attached hydrogens (tertiary/aromatic N) is 1. The number of esters is 1. The number of nitrogens with one attached hydrogen (secondary N) is 1. The lowest BCUT2D eigenvalue weighted by molar-refractivity contribution is -0.140. The summed E-state index contributed by atoms with van der Waals surface area (Å²) in [5.74, 6) is -1.78. The summed E-state index contributed by atoms with van der Waals surface area (Å²) in [6, 6.07) is 10.8. The molecule has 0 bridgehead atoms. The van der Waals surface area contributed by atoms with Gasteiger partial charge in [0.05, 0.1) is 5.02 Å². The predicted molar refractivity (Wildman–Crippen MR) is 91.1 cm³/mol. The molecule has 3 rings (SSSR count). The molecule has 0 aliphatic carbocycles. The smallest absolute Gasteiger partial charge is 0.331 e. The van der Waals surface area contributed by atoms with E-state index >= 15 is 0 Å². The van der Waals surface area contributed by atoms with Crippen LogP contribution in [-0.4, -0.2) is 29.4 Å². The highest BCUT2D eigenvalue weighted by atomic mass is 35.5. The van der Waals surface area contributed by atoms with Gasteiger partial charge >= 0.3 is 12.0 Å². The summed E-state index contributed by atoms with van der Waals surface area (Å²) in [6.07, 6.45) is 0. The third-order valence-electron chi connectivity index (χ3n) is 4.04. The Morgan fingerprint density at radius 1 is 1.19 bits per heavy atom. The number of imide groups is 1. The van der Waals surface area contributed by atoms with Gasteiger partial charge in [0, 0.05) is 0 Å². The van der Waals surface area contributed by atoms with Crippen LogP contribution in [0, 0.1) is 5.82 Å².